The molecule has 1 atom stereocenters. The molecule has 1 fully saturated rings. The van der Waals surface area contributed by atoms with Crippen LogP contribution in [0.15, 0.2) is 58.1 Å². The number of fused-ring (bicyclic) bond motifs is 1. The van der Waals surface area contributed by atoms with Gasteiger partial charge in [0.05, 0.1) is 11.0 Å². The van der Waals surface area contributed by atoms with Gasteiger partial charge in [-0.2, -0.15) is 0 Å². The zero-order valence-electron chi connectivity index (χ0n) is 18.2. The lowest BCUT2D eigenvalue weighted by atomic mass is 10.1. The number of hydrogen-bond donors (Lipinski definition) is 0. The molecule has 7 heteroatoms. The molecular formula is C24H28N4O3. The Morgan fingerprint density at radius 3 is 2.29 bits per heavy atom. The number of piperazine rings is 1. The first-order valence-corrected chi connectivity index (χ1v) is 10.7. The van der Waals surface area contributed by atoms with E-state index in [-0.39, 0.29) is 18.5 Å². The molecule has 0 unspecified atom stereocenters. The molecule has 1 saturated heterocycles. The highest BCUT2D eigenvalue weighted by molar-refractivity contribution is 5.80. The number of rotatable bonds is 4. The van der Waals surface area contributed by atoms with Crippen LogP contribution in [-0.2, 0) is 17.9 Å². The normalized spacial score (nSPS) is 16.7. The van der Waals surface area contributed by atoms with Crippen LogP contribution in [0.1, 0.15) is 19.4 Å². The second-order valence-corrected chi connectivity index (χ2v) is 8.15. The van der Waals surface area contributed by atoms with Crippen molar-refractivity contribution < 1.29 is 4.79 Å². The summed E-state index contributed by atoms with van der Waals surface area (Å²) >= 11 is 0. The third-order valence-electron chi connectivity index (χ3n) is 6.06. The monoisotopic (exact) mass is 420 g/mol. The van der Waals surface area contributed by atoms with Crippen molar-refractivity contribution in [2.24, 2.45) is 0 Å². The predicted octanol–water partition coefficient (Wildman–Crippen LogP) is 2.23. The molecule has 162 valence electrons. The molecule has 2 heterocycles. The van der Waals surface area contributed by atoms with Crippen LogP contribution >= 0.6 is 0 Å². The van der Waals surface area contributed by atoms with E-state index in [0.717, 1.165) is 12.2 Å². The van der Waals surface area contributed by atoms with E-state index >= 15 is 0 Å². The molecule has 0 aliphatic carbocycles. The van der Waals surface area contributed by atoms with Gasteiger partial charge in [-0.3, -0.25) is 19.0 Å². The van der Waals surface area contributed by atoms with E-state index in [1.54, 1.807) is 11.0 Å². The average molecular weight is 421 g/mol. The molecule has 0 radical (unpaired) electrons. The van der Waals surface area contributed by atoms with Gasteiger partial charge in [-0.05, 0) is 50.6 Å². The van der Waals surface area contributed by atoms with Crippen LogP contribution in [-0.4, -0.2) is 45.6 Å². The first kappa shape index (κ1) is 20.9. The fourth-order valence-corrected chi connectivity index (χ4v) is 4.45. The molecule has 2 aromatic carbocycles. The first-order chi connectivity index (χ1) is 14.9. The van der Waals surface area contributed by atoms with Crippen LogP contribution in [0, 0.1) is 6.92 Å². The zero-order valence-corrected chi connectivity index (χ0v) is 18.2. The van der Waals surface area contributed by atoms with Crippen LogP contribution in [0.5, 0.6) is 0 Å². The zero-order chi connectivity index (χ0) is 22.1. The van der Waals surface area contributed by atoms with Gasteiger partial charge in [-0.1, -0.05) is 24.3 Å². The fraction of sp³-hybridized carbons (Fsp3) is 0.375. The predicted molar refractivity (Wildman–Crippen MR) is 123 cm³/mol. The summed E-state index contributed by atoms with van der Waals surface area (Å²) in [6.07, 6.45) is 0. The Kier molecular flexibility index (Phi) is 5.67. The van der Waals surface area contributed by atoms with Gasteiger partial charge in [0.1, 0.15) is 6.54 Å². The maximum Gasteiger partial charge on any atom is 0.317 e. The molecule has 0 N–H and O–H groups in total. The van der Waals surface area contributed by atoms with Gasteiger partial charge in [0, 0.05) is 37.9 Å². The van der Waals surface area contributed by atoms with Crippen molar-refractivity contribution in [3.05, 3.63) is 74.8 Å². The van der Waals surface area contributed by atoms with E-state index in [1.807, 2.05) is 31.2 Å². The highest BCUT2D eigenvalue weighted by atomic mass is 16.2. The van der Waals surface area contributed by atoms with E-state index in [4.69, 9.17) is 0 Å². The van der Waals surface area contributed by atoms with E-state index < -0.39 is 11.1 Å². The summed E-state index contributed by atoms with van der Waals surface area (Å²) in [5.74, 6) is -0.142. The SMILES string of the molecule is CCn1c(=O)c(=O)n(CC(=O)N2CCN(c3cccc(C)c3)[C@@H](C)C2)c2ccccc21. The van der Waals surface area contributed by atoms with Gasteiger partial charge in [-0.25, -0.2) is 0 Å². The Morgan fingerprint density at radius 2 is 1.65 bits per heavy atom. The summed E-state index contributed by atoms with van der Waals surface area (Å²) in [6.45, 7) is 8.16. The van der Waals surface area contributed by atoms with Crippen LogP contribution in [0.25, 0.3) is 11.0 Å². The van der Waals surface area contributed by atoms with Gasteiger partial charge >= 0.3 is 11.1 Å². The Hall–Kier alpha value is -3.35. The number of amides is 1. The van der Waals surface area contributed by atoms with Gasteiger partial charge in [0.2, 0.25) is 5.91 Å². The van der Waals surface area contributed by atoms with Crippen molar-refractivity contribution in [1.82, 2.24) is 14.0 Å². The van der Waals surface area contributed by atoms with Crippen molar-refractivity contribution in [3.63, 3.8) is 0 Å². The lowest BCUT2D eigenvalue weighted by Gasteiger charge is -2.41. The van der Waals surface area contributed by atoms with Crippen molar-refractivity contribution in [1.29, 1.82) is 0 Å². The highest BCUT2D eigenvalue weighted by Gasteiger charge is 2.27. The standard InChI is InChI=1S/C24H28N4O3/c1-4-26-20-10-5-6-11-21(20)28(24(31)23(26)30)16-22(29)25-12-13-27(18(3)15-25)19-9-7-8-17(2)14-19/h5-11,14,18H,4,12-13,15-16H2,1-3H3/t18-/m0/s1. The summed E-state index contributed by atoms with van der Waals surface area (Å²) in [5.41, 5.74) is 2.39. The number of carbonyl (C=O) groups excluding carboxylic acids is 1. The maximum atomic E-state index is 13.1. The van der Waals surface area contributed by atoms with E-state index in [2.05, 4.69) is 36.9 Å². The fourth-order valence-electron chi connectivity index (χ4n) is 4.45. The van der Waals surface area contributed by atoms with E-state index in [0.29, 0.717) is 30.7 Å². The summed E-state index contributed by atoms with van der Waals surface area (Å²) in [4.78, 5) is 42.5. The second-order valence-electron chi connectivity index (χ2n) is 8.15. The molecule has 7 nitrogen and oxygen atoms in total. The van der Waals surface area contributed by atoms with Crippen LogP contribution in [0.3, 0.4) is 0 Å². The molecule has 1 aliphatic rings. The number of para-hydroxylation sites is 2. The molecule has 0 bridgehead atoms. The summed E-state index contributed by atoms with van der Waals surface area (Å²) in [6, 6.07) is 15.8. The number of benzene rings is 2. The summed E-state index contributed by atoms with van der Waals surface area (Å²) in [5, 5.41) is 0. The second kappa shape index (κ2) is 8.41. The number of aryl methyl sites for hydroxylation is 2. The van der Waals surface area contributed by atoms with Crippen LogP contribution in [0.4, 0.5) is 5.69 Å². The minimum Gasteiger partial charge on any atom is -0.365 e. The molecule has 3 aromatic rings. The Balaban J connectivity index is 1.57. The molecule has 1 amide bonds. The molecule has 0 spiro atoms. The lowest BCUT2D eigenvalue weighted by molar-refractivity contribution is -0.132. The van der Waals surface area contributed by atoms with Crippen molar-refractivity contribution in [3.8, 4) is 0 Å². The highest BCUT2D eigenvalue weighted by Crippen LogP contribution is 2.22. The van der Waals surface area contributed by atoms with Gasteiger partial charge in [-0.15, -0.1) is 0 Å². The van der Waals surface area contributed by atoms with Gasteiger partial charge < -0.3 is 14.4 Å². The summed E-state index contributed by atoms with van der Waals surface area (Å²) < 4.78 is 2.78. The third-order valence-corrected chi connectivity index (χ3v) is 6.06. The molecule has 0 saturated carbocycles. The van der Waals surface area contributed by atoms with E-state index in [9.17, 15) is 14.4 Å². The lowest BCUT2D eigenvalue weighted by Crippen LogP contribution is -2.55. The summed E-state index contributed by atoms with van der Waals surface area (Å²) in [7, 11) is 0. The number of carbonyl (C=O) groups is 1. The maximum absolute atomic E-state index is 13.1. The Morgan fingerprint density at radius 1 is 0.968 bits per heavy atom. The quantitative estimate of drug-likeness (QED) is 0.607. The van der Waals surface area contributed by atoms with Crippen molar-refractivity contribution in [2.45, 2.75) is 39.9 Å². The molecule has 1 aromatic heterocycles. The third kappa shape index (κ3) is 3.87. The van der Waals surface area contributed by atoms with Crippen molar-refractivity contribution >= 4 is 22.6 Å². The Bertz CT molecular complexity index is 1240. The average Bonchev–Trinajstić information content (AvgIpc) is 2.77. The molecule has 1 aliphatic heterocycles. The van der Waals surface area contributed by atoms with Gasteiger partial charge in [0.15, 0.2) is 0 Å². The number of aromatic nitrogens is 2. The minimum atomic E-state index is -0.652. The topological polar surface area (TPSA) is 67.5 Å². The van der Waals surface area contributed by atoms with Crippen molar-refractivity contribution in [2.75, 3.05) is 24.5 Å². The smallest absolute Gasteiger partial charge is 0.317 e. The number of nitrogens with zero attached hydrogens (tertiary/aromatic N) is 4. The first-order valence-electron chi connectivity index (χ1n) is 10.7. The largest absolute Gasteiger partial charge is 0.365 e. The number of hydrogen-bond acceptors (Lipinski definition) is 4. The van der Waals surface area contributed by atoms with E-state index in [1.165, 1.54) is 14.7 Å². The Labute approximate surface area is 181 Å². The van der Waals surface area contributed by atoms with Crippen LogP contribution in [0.2, 0.25) is 0 Å². The molecule has 31 heavy (non-hydrogen) atoms. The van der Waals surface area contributed by atoms with Gasteiger partial charge in [0.25, 0.3) is 0 Å². The molecular weight excluding hydrogens is 392 g/mol. The van der Waals surface area contributed by atoms with Crippen LogP contribution < -0.4 is 16.0 Å². The molecule has 4 rings (SSSR count). The minimum absolute atomic E-state index is 0.129. The number of anilines is 1.